The van der Waals surface area contributed by atoms with Crippen LogP contribution < -0.4 is 10.1 Å². The number of nitrogens with zero attached hydrogens (tertiary/aromatic N) is 2. The molecule has 0 fully saturated rings. The van der Waals surface area contributed by atoms with Crippen molar-refractivity contribution < 1.29 is 18.1 Å². The predicted molar refractivity (Wildman–Crippen MR) is 104 cm³/mol. The van der Waals surface area contributed by atoms with Crippen molar-refractivity contribution in [1.82, 2.24) is 4.31 Å². The van der Waals surface area contributed by atoms with E-state index in [1.54, 1.807) is 33.1 Å². The van der Waals surface area contributed by atoms with Crippen LogP contribution in [0.3, 0.4) is 0 Å². The molecule has 27 heavy (non-hydrogen) atoms. The van der Waals surface area contributed by atoms with E-state index in [1.807, 2.05) is 12.1 Å². The molecule has 2 aromatic carbocycles. The van der Waals surface area contributed by atoms with Gasteiger partial charge in [-0.15, -0.1) is 0 Å². The highest BCUT2D eigenvalue weighted by Gasteiger charge is 2.25. The molecule has 0 aliphatic heterocycles. The number of benzene rings is 2. The summed E-state index contributed by atoms with van der Waals surface area (Å²) in [6.45, 7) is 4.39. The second-order valence-electron chi connectivity index (χ2n) is 5.73. The molecule has 0 saturated heterocycles. The third-order valence-electron chi connectivity index (χ3n) is 4.15. The van der Waals surface area contributed by atoms with Crippen LogP contribution in [-0.4, -0.2) is 37.8 Å². The first-order valence-corrected chi connectivity index (χ1v) is 9.92. The van der Waals surface area contributed by atoms with Gasteiger partial charge >= 0.3 is 0 Å². The molecule has 146 valence electrons. The molecule has 0 heterocycles. The average molecular weight is 393 g/mol. The Morgan fingerprint density at radius 1 is 1.11 bits per heavy atom. The zero-order chi connectivity index (χ0) is 20.0. The maximum absolute atomic E-state index is 12.6. The number of anilines is 1. The molecular weight excluding hydrogens is 370 g/mol. The molecule has 0 aliphatic carbocycles. The number of methoxy groups -OCH3 is 1. The van der Waals surface area contributed by atoms with Gasteiger partial charge in [0.2, 0.25) is 10.0 Å². The van der Waals surface area contributed by atoms with Crippen LogP contribution in [0.4, 0.5) is 11.4 Å². The molecule has 2 rings (SSSR count). The van der Waals surface area contributed by atoms with E-state index in [2.05, 4.69) is 5.32 Å². The summed E-state index contributed by atoms with van der Waals surface area (Å²) in [4.78, 5) is 10.8. The van der Waals surface area contributed by atoms with E-state index >= 15 is 0 Å². The zero-order valence-corrected chi connectivity index (χ0v) is 16.3. The summed E-state index contributed by atoms with van der Waals surface area (Å²) >= 11 is 0. The van der Waals surface area contributed by atoms with Crippen molar-refractivity contribution >= 4 is 21.4 Å². The van der Waals surface area contributed by atoms with Gasteiger partial charge in [-0.05, 0) is 29.8 Å². The zero-order valence-electron chi connectivity index (χ0n) is 15.5. The second kappa shape index (κ2) is 8.83. The van der Waals surface area contributed by atoms with Crippen LogP contribution in [0.25, 0.3) is 0 Å². The lowest BCUT2D eigenvalue weighted by Gasteiger charge is -2.18. The maximum Gasteiger partial charge on any atom is 0.293 e. The van der Waals surface area contributed by atoms with Crippen LogP contribution in [-0.2, 0) is 16.6 Å². The number of rotatable bonds is 9. The van der Waals surface area contributed by atoms with Gasteiger partial charge in [-0.3, -0.25) is 10.1 Å². The minimum Gasteiger partial charge on any atom is -0.497 e. The van der Waals surface area contributed by atoms with Gasteiger partial charge in [0.25, 0.3) is 5.69 Å². The molecular formula is C18H23N3O5S. The molecule has 0 bridgehead atoms. The molecule has 0 aromatic heterocycles. The highest BCUT2D eigenvalue weighted by atomic mass is 32.2. The first-order valence-electron chi connectivity index (χ1n) is 8.48. The molecule has 0 aliphatic rings. The van der Waals surface area contributed by atoms with Gasteiger partial charge in [-0.2, -0.15) is 4.31 Å². The Labute approximate surface area is 159 Å². The minimum absolute atomic E-state index is 0.0899. The molecule has 2 aromatic rings. The van der Waals surface area contributed by atoms with E-state index in [4.69, 9.17) is 4.74 Å². The Balaban J connectivity index is 2.28. The Kier molecular flexibility index (Phi) is 6.75. The van der Waals surface area contributed by atoms with Crippen molar-refractivity contribution in [1.29, 1.82) is 0 Å². The molecule has 0 saturated carbocycles. The Morgan fingerprint density at radius 3 is 2.26 bits per heavy atom. The number of hydrogen-bond donors (Lipinski definition) is 1. The number of nitro groups is 1. The van der Waals surface area contributed by atoms with Crippen molar-refractivity contribution in [2.75, 3.05) is 25.5 Å². The minimum atomic E-state index is -3.76. The van der Waals surface area contributed by atoms with Crippen molar-refractivity contribution in [2.24, 2.45) is 0 Å². The largest absolute Gasteiger partial charge is 0.497 e. The van der Waals surface area contributed by atoms with Gasteiger partial charge < -0.3 is 10.1 Å². The van der Waals surface area contributed by atoms with E-state index in [0.29, 0.717) is 19.6 Å². The summed E-state index contributed by atoms with van der Waals surface area (Å²) < 4.78 is 31.5. The number of nitrogens with one attached hydrogen (secondary N) is 1. The van der Waals surface area contributed by atoms with Crippen molar-refractivity contribution in [3.05, 3.63) is 58.1 Å². The van der Waals surface area contributed by atoms with E-state index in [-0.39, 0.29) is 16.3 Å². The van der Waals surface area contributed by atoms with Gasteiger partial charge in [0.1, 0.15) is 11.4 Å². The van der Waals surface area contributed by atoms with Crippen molar-refractivity contribution in [3.63, 3.8) is 0 Å². The maximum atomic E-state index is 12.6. The van der Waals surface area contributed by atoms with Gasteiger partial charge in [0.05, 0.1) is 16.9 Å². The smallest absolute Gasteiger partial charge is 0.293 e. The SMILES string of the molecule is CCN(CC)S(=O)(=O)c1ccc(NCc2ccc(OC)cc2)c([N+](=O)[O-])c1. The van der Waals surface area contributed by atoms with Gasteiger partial charge in [-0.1, -0.05) is 26.0 Å². The first-order chi connectivity index (χ1) is 12.8. The standard InChI is InChI=1S/C18H23N3O5S/c1-4-20(5-2)27(24,25)16-10-11-17(18(12-16)21(22)23)19-13-14-6-8-15(26-3)9-7-14/h6-12,19H,4-5,13H2,1-3H3. The number of sulfonamides is 1. The molecule has 0 amide bonds. The second-order valence-corrected chi connectivity index (χ2v) is 7.66. The normalized spacial score (nSPS) is 11.4. The highest BCUT2D eigenvalue weighted by Crippen LogP contribution is 2.29. The quantitative estimate of drug-likeness (QED) is 0.518. The summed E-state index contributed by atoms with van der Waals surface area (Å²) in [6.07, 6.45) is 0. The third-order valence-corrected chi connectivity index (χ3v) is 6.20. The van der Waals surface area contributed by atoms with E-state index in [0.717, 1.165) is 17.4 Å². The summed E-state index contributed by atoms with van der Waals surface area (Å²) in [5, 5.41) is 14.4. The monoisotopic (exact) mass is 393 g/mol. The fraction of sp³-hybridized carbons (Fsp3) is 0.333. The number of nitro benzene ring substituents is 1. The van der Waals surface area contributed by atoms with Gasteiger partial charge in [0, 0.05) is 25.7 Å². The summed E-state index contributed by atoms with van der Waals surface area (Å²) in [5.41, 5.74) is 0.885. The van der Waals surface area contributed by atoms with Crippen LogP contribution in [0.1, 0.15) is 19.4 Å². The van der Waals surface area contributed by atoms with Crippen LogP contribution in [0.2, 0.25) is 0 Å². The van der Waals surface area contributed by atoms with Gasteiger partial charge in [-0.25, -0.2) is 8.42 Å². The number of ether oxygens (including phenoxy) is 1. The molecule has 0 unspecified atom stereocenters. The van der Waals surface area contributed by atoms with E-state index in [9.17, 15) is 18.5 Å². The summed E-state index contributed by atoms with van der Waals surface area (Å²) in [5.74, 6) is 0.718. The summed E-state index contributed by atoms with van der Waals surface area (Å²) in [6, 6.07) is 11.2. The van der Waals surface area contributed by atoms with Crippen molar-refractivity contribution in [2.45, 2.75) is 25.3 Å². The van der Waals surface area contributed by atoms with Gasteiger partial charge in [0.15, 0.2) is 0 Å². The molecule has 1 N–H and O–H groups in total. The Hall–Kier alpha value is -2.65. The molecule has 0 radical (unpaired) electrons. The number of hydrogen-bond acceptors (Lipinski definition) is 6. The fourth-order valence-corrected chi connectivity index (χ4v) is 4.10. The Morgan fingerprint density at radius 2 is 1.74 bits per heavy atom. The lowest BCUT2D eigenvalue weighted by atomic mass is 10.2. The highest BCUT2D eigenvalue weighted by molar-refractivity contribution is 7.89. The lowest BCUT2D eigenvalue weighted by molar-refractivity contribution is -0.384. The molecule has 8 nitrogen and oxygen atoms in total. The fourth-order valence-electron chi connectivity index (χ4n) is 2.63. The molecule has 9 heteroatoms. The topological polar surface area (TPSA) is 102 Å². The van der Waals surface area contributed by atoms with Crippen LogP contribution in [0.15, 0.2) is 47.4 Å². The molecule has 0 atom stereocenters. The van der Waals surface area contributed by atoms with Crippen molar-refractivity contribution in [3.8, 4) is 5.75 Å². The van der Waals surface area contributed by atoms with E-state index < -0.39 is 14.9 Å². The van der Waals surface area contributed by atoms with Crippen LogP contribution in [0.5, 0.6) is 5.75 Å². The predicted octanol–water partition coefficient (Wildman–Crippen LogP) is 3.25. The Bertz CT molecular complexity index is 894. The third kappa shape index (κ3) is 4.75. The van der Waals surface area contributed by atoms with Crippen LogP contribution in [0, 0.1) is 10.1 Å². The first kappa shape index (κ1) is 20.7. The summed E-state index contributed by atoms with van der Waals surface area (Å²) in [7, 11) is -2.19. The average Bonchev–Trinajstić information content (AvgIpc) is 2.67. The molecule has 0 spiro atoms. The van der Waals surface area contributed by atoms with E-state index in [1.165, 1.54) is 16.4 Å². The lowest BCUT2D eigenvalue weighted by Crippen LogP contribution is -2.30. The van der Waals surface area contributed by atoms with Crippen LogP contribution >= 0.6 is 0 Å².